The first kappa shape index (κ1) is 10.6. The van der Waals surface area contributed by atoms with Crippen molar-refractivity contribution in [2.45, 2.75) is 5.92 Å². The van der Waals surface area contributed by atoms with E-state index in [0.29, 0.717) is 5.92 Å². The summed E-state index contributed by atoms with van der Waals surface area (Å²) in [6.07, 6.45) is 0. The lowest BCUT2D eigenvalue weighted by Crippen LogP contribution is -1.98. The molecule has 4 rings (SSSR count). The predicted octanol–water partition coefficient (Wildman–Crippen LogP) is 4.65. The monoisotopic (exact) mass is 241 g/mol. The van der Waals surface area contributed by atoms with Gasteiger partial charge in [-0.25, -0.2) is 0 Å². The molecule has 3 aromatic rings. The Bertz CT molecular complexity index is 680. The molecule has 0 fully saturated rings. The van der Waals surface area contributed by atoms with Gasteiger partial charge in [-0.2, -0.15) is 0 Å². The summed E-state index contributed by atoms with van der Waals surface area (Å²) in [7, 11) is 0. The molecule has 0 heteroatoms. The minimum atomic E-state index is 0.363. The first-order valence-corrected chi connectivity index (χ1v) is 6.59. The molecular weight excluding hydrogens is 228 g/mol. The van der Waals surface area contributed by atoms with Crippen molar-refractivity contribution < 1.29 is 0 Å². The molecule has 0 aromatic heterocycles. The second-order valence-corrected chi connectivity index (χ2v) is 4.94. The second-order valence-electron chi connectivity index (χ2n) is 4.94. The normalized spacial score (nSPS) is 13.1. The van der Waals surface area contributed by atoms with Crippen molar-refractivity contribution in [3.05, 3.63) is 95.6 Å². The van der Waals surface area contributed by atoms with Crippen molar-refractivity contribution >= 4 is 0 Å². The Kier molecular flexibility index (Phi) is 2.28. The van der Waals surface area contributed by atoms with Gasteiger partial charge in [0.25, 0.3) is 0 Å². The highest BCUT2D eigenvalue weighted by Gasteiger charge is 2.28. The van der Waals surface area contributed by atoms with Crippen LogP contribution in [-0.4, -0.2) is 0 Å². The third-order valence-corrected chi connectivity index (χ3v) is 3.91. The van der Waals surface area contributed by atoms with Crippen LogP contribution < -0.4 is 0 Å². The molecule has 3 aromatic carbocycles. The van der Waals surface area contributed by atoms with Crippen LogP contribution in [0.25, 0.3) is 11.1 Å². The van der Waals surface area contributed by atoms with Crippen molar-refractivity contribution in [1.82, 2.24) is 0 Å². The highest BCUT2D eigenvalue weighted by Crippen LogP contribution is 2.47. The zero-order valence-corrected chi connectivity index (χ0v) is 10.5. The SMILES string of the molecule is [c]1ccc(C2c3ccccc3-c3ccccc32)cc1. The van der Waals surface area contributed by atoms with Gasteiger partial charge in [0.15, 0.2) is 0 Å². The predicted molar refractivity (Wildman–Crippen MR) is 78.1 cm³/mol. The number of hydrogen-bond donors (Lipinski definition) is 0. The summed E-state index contributed by atoms with van der Waals surface area (Å²) in [5, 5.41) is 0. The topological polar surface area (TPSA) is 0 Å². The highest BCUT2D eigenvalue weighted by molar-refractivity contribution is 5.80. The zero-order chi connectivity index (χ0) is 12.7. The van der Waals surface area contributed by atoms with Gasteiger partial charge in [0.2, 0.25) is 0 Å². The van der Waals surface area contributed by atoms with E-state index < -0.39 is 0 Å². The first-order chi connectivity index (χ1) is 9.45. The van der Waals surface area contributed by atoms with Crippen LogP contribution in [-0.2, 0) is 0 Å². The number of hydrogen-bond acceptors (Lipinski definition) is 0. The fourth-order valence-electron chi connectivity index (χ4n) is 3.11. The molecule has 1 radical (unpaired) electrons. The van der Waals surface area contributed by atoms with Crippen LogP contribution in [0.3, 0.4) is 0 Å². The van der Waals surface area contributed by atoms with E-state index in [2.05, 4.69) is 66.7 Å². The van der Waals surface area contributed by atoms with Crippen LogP contribution >= 0.6 is 0 Å². The molecule has 0 saturated carbocycles. The van der Waals surface area contributed by atoms with E-state index >= 15 is 0 Å². The average Bonchev–Trinajstić information content (AvgIpc) is 2.83. The van der Waals surface area contributed by atoms with Crippen molar-refractivity contribution in [3.8, 4) is 11.1 Å². The average molecular weight is 241 g/mol. The van der Waals surface area contributed by atoms with E-state index in [0.717, 1.165) is 0 Å². The Labute approximate surface area is 113 Å². The quantitative estimate of drug-likeness (QED) is 0.455. The summed E-state index contributed by atoms with van der Waals surface area (Å²) in [4.78, 5) is 0. The van der Waals surface area contributed by atoms with E-state index in [-0.39, 0.29) is 0 Å². The van der Waals surface area contributed by atoms with Crippen LogP contribution in [0.15, 0.2) is 72.8 Å². The molecule has 0 nitrogen and oxygen atoms in total. The molecule has 1 aliphatic carbocycles. The third kappa shape index (κ3) is 1.53. The summed E-state index contributed by atoms with van der Waals surface area (Å²) < 4.78 is 0. The molecule has 0 atom stereocenters. The Morgan fingerprint density at radius 1 is 0.632 bits per heavy atom. The van der Waals surface area contributed by atoms with Gasteiger partial charge < -0.3 is 0 Å². The van der Waals surface area contributed by atoms with Crippen molar-refractivity contribution in [3.63, 3.8) is 0 Å². The second kappa shape index (κ2) is 4.10. The standard InChI is InChI=1S/C19H13/c1-2-8-14(9-3-1)19-17-12-6-4-10-15(17)16-11-5-7-13-18(16)19/h2-13,19H. The van der Waals surface area contributed by atoms with Gasteiger partial charge in [-0.05, 0) is 33.9 Å². The fraction of sp³-hybridized carbons (Fsp3) is 0.0526. The van der Waals surface area contributed by atoms with Gasteiger partial charge in [-0.15, -0.1) is 0 Å². The minimum absolute atomic E-state index is 0.363. The molecular formula is C19H13. The van der Waals surface area contributed by atoms with Gasteiger partial charge in [0.1, 0.15) is 0 Å². The third-order valence-electron chi connectivity index (χ3n) is 3.91. The van der Waals surface area contributed by atoms with Crippen molar-refractivity contribution in [1.29, 1.82) is 0 Å². The molecule has 19 heavy (non-hydrogen) atoms. The lowest BCUT2D eigenvalue weighted by atomic mass is 9.89. The van der Waals surface area contributed by atoms with Gasteiger partial charge in [0, 0.05) is 5.92 Å². The molecule has 0 bridgehead atoms. The van der Waals surface area contributed by atoms with Gasteiger partial charge in [-0.3, -0.25) is 0 Å². The van der Waals surface area contributed by atoms with E-state index in [4.69, 9.17) is 0 Å². The van der Waals surface area contributed by atoms with Crippen LogP contribution in [0, 0.1) is 6.07 Å². The summed E-state index contributed by atoms with van der Waals surface area (Å²) in [6.45, 7) is 0. The number of benzene rings is 3. The maximum Gasteiger partial charge on any atom is 0.0352 e. The van der Waals surface area contributed by atoms with E-state index in [9.17, 15) is 0 Å². The maximum absolute atomic E-state index is 3.10. The maximum atomic E-state index is 3.10. The molecule has 0 unspecified atom stereocenters. The lowest BCUT2D eigenvalue weighted by molar-refractivity contribution is 1.01. The van der Waals surface area contributed by atoms with Crippen LogP contribution in [0.2, 0.25) is 0 Å². The molecule has 89 valence electrons. The molecule has 0 saturated heterocycles. The summed E-state index contributed by atoms with van der Waals surface area (Å²) in [5.74, 6) is 0.363. The van der Waals surface area contributed by atoms with Crippen molar-refractivity contribution in [2.24, 2.45) is 0 Å². The van der Waals surface area contributed by atoms with E-state index in [1.54, 1.807) is 0 Å². The Morgan fingerprint density at radius 3 is 1.74 bits per heavy atom. The largest absolute Gasteiger partial charge is 0.0619 e. The van der Waals surface area contributed by atoms with Gasteiger partial charge in [-0.1, -0.05) is 72.8 Å². The Morgan fingerprint density at radius 2 is 1.16 bits per heavy atom. The summed E-state index contributed by atoms with van der Waals surface area (Å²) in [6, 6.07) is 28.9. The molecule has 0 aliphatic heterocycles. The van der Waals surface area contributed by atoms with Gasteiger partial charge >= 0.3 is 0 Å². The van der Waals surface area contributed by atoms with Crippen LogP contribution in [0.4, 0.5) is 0 Å². The van der Waals surface area contributed by atoms with Crippen LogP contribution in [0.5, 0.6) is 0 Å². The lowest BCUT2D eigenvalue weighted by Gasteiger charge is -2.13. The Balaban J connectivity index is 2.02. The Hall–Kier alpha value is -2.34. The number of rotatable bonds is 1. The fourth-order valence-corrected chi connectivity index (χ4v) is 3.11. The first-order valence-electron chi connectivity index (χ1n) is 6.59. The summed E-state index contributed by atoms with van der Waals surface area (Å²) in [5.41, 5.74) is 6.91. The van der Waals surface area contributed by atoms with Crippen molar-refractivity contribution in [2.75, 3.05) is 0 Å². The minimum Gasteiger partial charge on any atom is -0.0619 e. The molecule has 0 amide bonds. The molecule has 0 N–H and O–H groups in total. The smallest absolute Gasteiger partial charge is 0.0352 e. The zero-order valence-electron chi connectivity index (χ0n) is 10.5. The molecule has 0 spiro atoms. The molecule has 0 heterocycles. The number of fused-ring (bicyclic) bond motifs is 3. The van der Waals surface area contributed by atoms with E-state index in [1.807, 2.05) is 12.1 Å². The molecule has 1 aliphatic rings. The van der Waals surface area contributed by atoms with E-state index in [1.165, 1.54) is 27.8 Å². The summed E-state index contributed by atoms with van der Waals surface area (Å²) >= 11 is 0. The van der Waals surface area contributed by atoms with Gasteiger partial charge in [0.05, 0.1) is 0 Å². The highest BCUT2D eigenvalue weighted by atomic mass is 14.3. The van der Waals surface area contributed by atoms with Crippen LogP contribution in [0.1, 0.15) is 22.6 Å².